The number of aryl methyl sites for hydroxylation is 1. The second-order valence-corrected chi connectivity index (χ2v) is 3.33. The molecule has 0 aliphatic carbocycles. The highest BCUT2D eigenvalue weighted by Gasteiger charge is 2.12. The van der Waals surface area contributed by atoms with Gasteiger partial charge in [-0.25, -0.2) is 4.79 Å². The first-order valence-electron chi connectivity index (χ1n) is 4.32. The van der Waals surface area contributed by atoms with Crippen molar-refractivity contribution < 1.29 is 9.53 Å². The molecular weight excluding hydrogens is 214 g/mol. The standard InChI is InChI=1S/C11H10ClNO2/c1-7-3-9(6-13)8(5-12)4-10(7)11(14)15-2/h3-4H,5H2,1-2H3. The number of hydrogen-bond donors (Lipinski definition) is 0. The number of ether oxygens (including phenoxy) is 1. The predicted molar refractivity (Wildman–Crippen MR) is 56.8 cm³/mol. The lowest BCUT2D eigenvalue weighted by atomic mass is 10.0. The predicted octanol–water partition coefficient (Wildman–Crippen LogP) is 2.39. The number of esters is 1. The molecule has 0 amide bonds. The quantitative estimate of drug-likeness (QED) is 0.571. The summed E-state index contributed by atoms with van der Waals surface area (Å²) in [5.74, 6) is -0.212. The lowest BCUT2D eigenvalue weighted by Crippen LogP contribution is -2.05. The topological polar surface area (TPSA) is 50.1 Å². The summed E-state index contributed by atoms with van der Waals surface area (Å²) in [6.07, 6.45) is 0. The Morgan fingerprint density at radius 2 is 2.27 bits per heavy atom. The lowest BCUT2D eigenvalue weighted by molar-refractivity contribution is 0.0600. The Kier molecular flexibility index (Phi) is 3.70. The van der Waals surface area contributed by atoms with Gasteiger partial charge < -0.3 is 4.74 Å². The number of nitrogens with zero attached hydrogens (tertiary/aromatic N) is 1. The van der Waals surface area contributed by atoms with Crippen molar-refractivity contribution in [1.29, 1.82) is 5.26 Å². The van der Waals surface area contributed by atoms with E-state index in [2.05, 4.69) is 4.74 Å². The Labute approximate surface area is 93.2 Å². The van der Waals surface area contributed by atoms with Gasteiger partial charge in [-0.2, -0.15) is 5.26 Å². The van der Waals surface area contributed by atoms with Gasteiger partial charge in [0, 0.05) is 5.88 Å². The molecule has 1 aromatic rings. The molecule has 15 heavy (non-hydrogen) atoms. The van der Waals surface area contributed by atoms with Crippen molar-refractivity contribution in [3.8, 4) is 6.07 Å². The molecule has 0 spiro atoms. The monoisotopic (exact) mass is 223 g/mol. The number of carbonyl (C=O) groups excluding carboxylic acids is 1. The van der Waals surface area contributed by atoms with Crippen LogP contribution in [-0.4, -0.2) is 13.1 Å². The minimum Gasteiger partial charge on any atom is -0.465 e. The first-order valence-corrected chi connectivity index (χ1v) is 4.85. The Balaban J connectivity index is 3.33. The van der Waals surface area contributed by atoms with Crippen LogP contribution < -0.4 is 0 Å². The molecule has 0 aliphatic heterocycles. The maximum Gasteiger partial charge on any atom is 0.338 e. The SMILES string of the molecule is COC(=O)c1cc(CCl)c(C#N)cc1C. The smallest absolute Gasteiger partial charge is 0.338 e. The van der Waals surface area contributed by atoms with E-state index in [1.54, 1.807) is 19.1 Å². The maximum atomic E-state index is 11.4. The second-order valence-electron chi connectivity index (χ2n) is 3.06. The van der Waals surface area contributed by atoms with Gasteiger partial charge in [-0.3, -0.25) is 0 Å². The van der Waals surface area contributed by atoms with E-state index in [4.69, 9.17) is 16.9 Å². The summed E-state index contributed by atoms with van der Waals surface area (Å²) in [5, 5.41) is 8.84. The molecule has 0 aliphatic rings. The van der Waals surface area contributed by atoms with Crippen LogP contribution in [0.15, 0.2) is 12.1 Å². The third kappa shape index (κ3) is 2.28. The fraction of sp³-hybridized carbons (Fsp3) is 0.273. The Bertz CT molecular complexity index is 435. The normalized spacial score (nSPS) is 9.47. The number of carbonyl (C=O) groups is 1. The van der Waals surface area contributed by atoms with E-state index < -0.39 is 5.97 Å². The molecule has 0 unspecified atom stereocenters. The van der Waals surface area contributed by atoms with E-state index >= 15 is 0 Å². The fourth-order valence-electron chi connectivity index (χ4n) is 1.30. The van der Waals surface area contributed by atoms with Crippen LogP contribution in [0.3, 0.4) is 0 Å². The zero-order chi connectivity index (χ0) is 11.4. The molecule has 0 radical (unpaired) electrons. The summed E-state index contributed by atoms with van der Waals surface area (Å²) in [6.45, 7) is 1.76. The van der Waals surface area contributed by atoms with Gasteiger partial charge in [0.2, 0.25) is 0 Å². The Hall–Kier alpha value is -1.53. The second kappa shape index (κ2) is 4.81. The van der Waals surface area contributed by atoms with Crippen molar-refractivity contribution in [3.63, 3.8) is 0 Å². The van der Waals surface area contributed by atoms with Crippen molar-refractivity contribution in [2.45, 2.75) is 12.8 Å². The lowest BCUT2D eigenvalue weighted by Gasteiger charge is -2.07. The van der Waals surface area contributed by atoms with Crippen molar-refractivity contribution in [2.24, 2.45) is 0 Å². The minimum absolute atomic E-state index is 0.202. The third-order valence-corrected chi connectivity index (χ3v) is 2.41. The number of methoxy groups -OCH3 is 1. The molecule has 3 nitrogen and oxygen atoms in total. The minimum atomic E-state index is -0.414. The molecule has 0 atom stereocenters. The largest absolute Gasteiger partial charge is 0.465 e. The van der Waals surface area contributed by atoms with Gasteiger partial charge in [0.25, 0.3) is 0 Å². The van der Waals surface area contributed by atoms with Crippen molar-refractivity contribution in [2.75, 3.05) is 7.11 Å². The number of hydrogen-bond acceptors (Lipinski definition) is 3. The van der Waals surface area contributed by atoms with Gasteiger partial charge in [-0.1, -0.05) is 0 Å². The highest BCUT2D eigenvalue weighted by Crippen LogP contribution is 2.18. The molecule has 0 heterocycles. The first kappa shape index (κ1) is 11.5. The third-order valence-electron chi connectivity index (χ3n) is 2.12. The van der Waals surface area contributed by atoms with Crippen LogP contribution in [0.2, 0.25) is 0 Å². The van der Waals surface area contributed by atoms with Crippen molar-refractivity contribution in [3.05, 3.63) is 34.4 Å². The summed E-state index contributed by atoms with van der Waals surface area (Å²) >= 11 is 5.68. The van der Waals surface area contributed by atoms with E-state index in [0.717, 1.165) is 0 Å². The van der Waals surface area contributed by atoms with E-state index in [9.17, 15) is 4.79 Å². The van der Waals surface area contributed by atoms with Crippen LogP contribution in [0.5, 0.6) is 0 Å². The van der Waals surface area contributed by atoms with Gasteiger partial charge >= 0.3 is 5.97 Å². The van der Waals surface area contributed by atoms with Crippen LogP contribution in [-0.2, 0) is 10.6 Å². The molecule has 1 aromatic carbocycles. The molecule has 0 saturated carbocycles. The molecule has 0 aromatic heterocycles. The van der Waals surface area contributed by atoms with Gasteiger partial charge in [0.1, 0.15) is 0 Å². The van der Waals surface area contributed by atoms with Gasteiger partial charge in [0.05, 0.1) is 24.3 Å². The number of benzene rings is 1. The van der Waals surface area contributed by atoms with Crippen LogP contribution in [0.4, 0.5) is 0 Å². The average molecular weight is 224 g/mol. The summed E-state index contributed by atoms with van der Waals surface area (Å²) in [6, 6.07) is 5.28. The summed E-state index contributed by atoms with van der Waals surface area (Å²) in [5.41, 5.74) is 2.31. The highest BCUT2D eigenvalue weighted by atomic mass is 35.5. The number of rotatable bonds is 2. The molecule has 78 valence electrons. The van der Waals surface area contributed by atoms with Gasteiger partial charge in [-0.15, -0.1) is 11.6 Å². The summed E-state index contributed by atoms with van der Waals surface area (Å²) < 4.78 is 4.63. The van der Waals surface area contributed by atoms with Gasteiger partial charge in [0.15, 0.2) is 0 Å². The van der Waals surface area contributed by atoms with E-state index in [1.807, 2.05) is 6.07 Å². The Morgan fingerprint density at radius 3 is 2.73 bits per heavy atom. The molecule has 0 fully saturated rings. The van der Waals surface area contributed by atoms with E-state index in [-0.39, 0.29) is 5.88 Å². The fourth-order valence-corrected chi connectivity index (χ4v) is 1.52. The molecule has 1 rings (SSSR count). The summed E-state index contributed by atoms with van der Waals surface area (Å²) in [4.78, 5) is 11.4. The van der Waals surface area contributed by atoms with Gasteiger partial charge in [-0.05, 0) is 30.2 Å². The molecular formula is C11H10ClNO2. The average Bonchev–Trinajstić information content (AvgIpc) is 2.27. The molecule has 0 bridgehead atoms. The molecule has 4 heteroatoms. The molecule has 0 saturated heterocycles. The van der Waals surface area contributed by atoms with E-state index in [1.165, 1.54) is 7.11 Å². The van der Waals surface area contributed by atoms with Crippen LogP contribution in [0.1, 0.15) is 27.0 Å². The van der Waals surface area contributed by atoms with Crippen LogP contribution in [0.25, 0.3) is 0 Å². The van der Waals surface area contributed by atoms with E-state index in [0.29, 0.717) is 22.3 Å². The van der Waals surface area contributed by atoms with Crippen LogP contribution in [0, 0.1) is 18.3 Å². The number of halogens is 1. The van der Waals surface area contributed by atoms with Crippen LogP contribution >= 0.6 is 11.6 Å². The number of nitriles is 1. The highest BCUT2D eigenvalue weighted by molar-refractivity contribution is 6.17. The van der Waals surface area contributed by atoms with Crippen molar-refractivity contribution in [1.82, 2.24) is 0 Å². The zero-order valence-corrected chi connectivity index (χ0v) is 9.26. The van der Waals surface area contributed by atoms with Crippen molar-refractivity contribution >= 4 is 17.6 Å². The number of alkyl halides is 1. The summed E-state index contributed by atoms with van der Waals surface area (Å²) in [7, 11) is 1.32. The zero-order valence-electron chi connectivity index (χ0n) is 8.50. The molecule has 0 N–H and O–H groups in total. The first-order chi connectivity index (χ1) is 7.13. The maximum absolute atomic E-state index is 11.4. The Morgan fingerprint density at radius 1 is 1.60 bits per heavy atom.